The maximum Gasteiger partial charge on any atom is 0.255 e. The van der Waals surface area contributed by atoms with Gasteiger partial charge in [-0.25, -0.2) is 4.98 Å². The fourth-order valence-electron chi connectivity index (χ4n) is 2.56. The van der Waals surface area contributed by atoms with Crippen molar-refractivity contribution < 1.29 is 14.6 Å². The van der Waals surface area contributed by atoms with E-state index in [9.17, 15) is 9.90 Å². The van der Waals surface area contributed by atoms with Crippen LogP contribution >= 0.6 is 0 Å². The molecule has 0 atom stereocenters. The number of aliphatic hydroxyl groups is 1. The molecule has 0 aliphatic carbocycles. The van der Waals surface area contributed by atoms with Gasteiger partial charge in [-0.3, -0.25) is 4.79 Å². The number of aromatic amines is 1. The molecule has 1 aromatic heterocycles. The Morgan fingerprint density at radius 3 is 2.85 bits per heavy atom. The van der Waals surface area contributed by atoms with Gasteiger partial charge in [0.15, 0.2) is 0 Å². The molecule has 20 heavy (non-hydrogen) atoms. The number of H-pyrrole nitrogens is 1. The fraction of sp³-hybridized carbons (Fsp3) is 0.692. The van der Waals surface area contributed by atoms with E-state index in [4.69, 9.17) is 4.74 Å². The topological polar surface area (TPSA) is 90.5 Å². The molecule has 112 valence electrons. The van der Waals surface area contributed by atoms with Crippen LogP contribution in [-0.4, -0.2) is 64.8 Å². The number of amides is 1. The molecule has 0 spiro atoms. The largest absolute Gasteiger partial charge is 0.395 e. The number of aromatic nitrogens is 2. The first kappa shape index (κ1) is 15.0. The lowest BCUT2D eigenvalue weighted by molar-refractivity contribution is -0.159. The van der Waals surface area contributed by atoms with Gasteiger partial charge in [0.05, 0.1) is 13.2 Å². The standard InChI is InChI=1S/C13H22N4O3/c1-20-13(2-4-14-5-3-13)12(19)17(8-9-18)10-11-15-6-7-16-11/h6-7,14,18H,2-5,8-10H2,1H3,(H,15,16). The van der Waals surface area contributed by atoms with E-state index in [1.165, 1.54) is 0 Å². The highest BCUT2D eigenvalue weighted by atomic mass is 16.5. The Hall–Kier alpha value is -1.44. The summed E-state index contributed by atoms with van der Waals surface area (Å²) in [4.78, 5) is 21.5. The van der Waals surface area contributed by atoms with Crippen LogP contribution in [0.1, 0.15) is 18.7 Å². The van der Waals surface area contributed by atoms with E-state index in [0.717, 1.165) is 13.1 Å². The first-order valence-electron chi connectivity index (χ1n) is 6.86. The highest BCUT2D eigenvalue weighted by Gasteiger charge is 2.42. The molecule has 1 amide bonds. The predicted molar refractivity (Wildman–Crippen MR) is 72.9 cm³/mol. The van der Waals surface area contributed by atoms with E-state index < -0.39 is 5.60 Å². The van der Waals surface area contributed by atoms with Crippen molar-refractivity contribution in [2.75, 3.05) is 33.4 Å². The Morgan fingerprint density at radius 1 is 1.55 bits per heavy atom. The molecule has 1 fully saturated rings. The van der Waals surface area contributed by atoms with E-state index in [0.29, 0.717) is 25.2 Å². The van der Waals surface area contributed by atoms with Crippen LogP contribution in [0.5, 0.6) is 0 Å². The highest BCUT2D eigenvalue weighted by molar-refractivity contribution is 5.85. The second-order valence-electron chi connectivity index (χ2n) is 4.93. The molecule has 1 aliphatic heterocycles. The lowest BCUT2D eigenvalue weighted by atomic mass is 9.90. The minimum Gasteiger partial charge on any atom is -0.395 e. The van der Waals surface area contributed by atoms with Crippen molar-refractivity contribution >= 4 is 5.91 Å². The van der Waals surface area contributed by atoms with Gasteiger partial charge < -0.3 is 25.0 Å². The van der Waals surface area contributed by atoms with E-state index >= 15 is 0 Å². The zero-order valence-electron chi connectivity index (χ0n) is 11.8. The number of aliphatic hydroxyl groups excluding tert-OH is 1. The van der Waals surface area contributed by atoms with Crippen molar-refractivity contribution in [2.45, 2.75) is 25.0 Å². The monoisotopic (exact) mass is 282 g/mol. The molecule has 1 aromatic rings. The first-order valence-corrected chi connectivity index (χ1v) is 6.86. The maximum absolute atomic E-state index is 12.8. The molecule has 0 saturated carbocycles. The molecule has 3 N–H and O–H groups in total. The van der Waals surface area contributed by atoms with Crippen molar-refractivity contribution in [2.24, 2.45) is 0 Å². The summed E-state index contributed by atoms with van der Waals surface area (Å²) in [7, 11) is 1.58. The number of methoxy groups -OCH3 is 1. The lowest BCUT2D eigenvalue weighted by Crippen LogP contribution is -2.55. The third-order valence-electron chi connectivity index (χ3n) is 3.74. The number of carbonyl (C=O) groups excluding carboxylic acids is 1. The van der Waals surface area contributed by atoms with Gasteiger partial charge in [0, 0.05) is 26.0 Å². The van der Waals surface area contributed by atoms with E-state index in [-0.39, 0.29) is 19.1 Å². The number of imidazole rings is 1. The summed E-state index contributed by atoms with van der Waals surface area (Å²) < 4.78 is 5.54. The summed E-state index contributed by atoms with van der Waals surface area (Å²) in [5, 5.41) is 12.4. The molecular weight excluding hydrogens is 260 g/mol. The Balaban J connectivity index is 2.12. The predicted octanol–water partition coefficient (Wildman–Crippen LogP) is -0.501. The Kier molecular flexibility index (Phi) is 5.11. The summed E-state index contributed by atoms with van der Waals surface area (Å²) in [6.07, 6.45) is 4.64. The van der Waals surface area contributed by atoms with Gasteiger partial charge in [0.2, 0.25) is 0 Å². The molecule has 1 aliphatic rings. The van der Waals surface area contributed by atoms with Crippen LogP contribution in [0.4, 0.5) is 0 Å². The zero-order chi connectivity index (χ0) is 14.4. The minimum atomic E-state index is -0.785. The van der Waals surface area contributed by atoms with Crippen molar-refractivity contribution in [3.05, 3.63) is 18.2 Å². The van der Waals surface area contributed by atoms with Crippen LogP contribution in [0.25, 0.3) is 0 Å². The van der Waals surface area contributed by atoms with Gasteiger partial charge in [-0.2, -0.15) is 0 Å². The summed E-state index contributed by atoms with van der Waals surface area (Å²) in [5.41, 5.74) is -0.785. The lowest BCUT2D eigenvalue weighted by Gasteiger charge is -2.38. The molecule has 1 saturated heterocycles. The van der Waals surface area contributed by atoms with Gasteiger partial charge in [0.25, 0.3) is 5.91 Å². The second kappa shape index (κ2) is 6.83. The molecule has 2 heterocycles. The Bertz CT molecular complexity index is 415. The molecule has 0 bridgehead atoms. The summed E-state index contributed by atoms with van der Waals surface area (Å²) in [6.45, 7) is 2.06. The smallest absolute Gasteiger partial charge is 0.255 e. The number of rotatable bonds is 6. The van der Waals surface area contributed by atoms with E-state index in [2.05, 4.69) is 15.3 Å². The summed E-state index contributed by atoms with van der Waals surface area (Å²) in [5.74, 6) is 0.624. The number of ether oxygens (including phenoxy) is 1. The average Bonchev–Trinajstić information content (AvgIpc) is 3.00. The quantitative estimate of drug-likeness (QED) is 0.654. The highest BCUT2D eigenvalue weighted by Crippen LogP contribution is 2.25. The Labute approximate surface area is 118 Å². The number of nitrogens with one attached hydrogen (secondary N) is 2. The number of piperidine rings is 1. The molecule has 2 rings (SSSR count). The van der Waals surface area contributed by atoms with Crippen LogP contribution < -0.4 is 5.32 Å². The SMILES string of the molecule is COC1(C(=O)N(CCO)Cc2ncc[nH]2)CCNCC1. The van der Waals surface area contributed by atoms with Crippen molar-refractivity contribution in [3.63, 3.8) is 0 Å². The molecule has 0 radical (unpaired) electrons. The summed E-state index contributed by atoms with van der Waals surface area (Å²) >= 11 is 0. The van der Waals surface area contributed by atoms with E-state index in [1.807, 2.05) is 0 Å². The third kappa shape index (κ3) is 3.17. The van der Waals surface area contributed by atoms with Crippen LogP contribution in [0, 0.1) is 0 Å². The van der Waals surface area contributed by atoms with Crippen LogP contribution in [0.3, 0.4) is 0 Å². The third-order valence-corrected chi connectivity index (χ3v) is 3.74. The van der Waals surface area contributed by atoms with Crippen molar-refractivity contribution in [1.82, 2.24) is 20.2 Å². The summed E-state index contributed by atoms with van der Waals surface area (Å²) in [6, 6.07) is 0. The molecular formula is C13H22N4O3. The normalized spacial score (nSPS) is 17.9. The van der Waals surface area contributed by atoms with Gasteiger partial charge in [-0.1, -0.05) is 0 Å². The van der Waals surface area contributed by atoms with Crippen LogP contribution in [-0.2, 0) is 16.1 Å². The van der Waals surface area contributed by atoms with Gasteiger partial charge in [0.1, 0.15) is 11.4 Å². The molecule has 7 heteroatoms. The van der Waals surface area contributed by atoms with Gasteiger partial charge >= 0.3 is 0 Å². The zero-order valence-corrected chi connectivity index (χ0v) is 11.8. The van der Waals surface area contributed by atoms with Crippen molar-refractivity contribution in [1.29, 1.82) is 0 Å². The Morgan fingerprint density at radius 2 is 2.30 bits per heavy atom. The maximum atomic E-state index is 12.8. The van der Waals surface area contributed by atoms with Crippen LogP contribution in [0.15, 0.2) is 12.4 Å². The number of hydrogen-bond donors (Lipinski definition) is 3. The van der Waals surface area contributed by atoms with Crippen LogP contribution in [0.2, 0.25) is 0 Å². The number of carbonyl (C=O) groups is 1. The van der Waals surface area contributed by atoms with Gasteiger partial charge in [-0.15, -0.1) is 0 Å². The number of nitrogens with zero attached hydrogens (tertiary/aromatic N) is 2. The van der Waals surface area contributed by atoms with Crippen molar-refractivity contribution in [3.8, 4) is 0 Å². The average molecular weight is 282 g/mol. The molecule has 0 aromatic carbocycles. The number of hydrogen-bond acceptors (Lipinski definition) is 5. The minimum absolute atomic E-state index is 0.0769. The first-order chi connectivity index (χ1) is 9.72. The molecule has 7 nitrogen and oxygen atoms in total. The fourth-order valence-corrected chi connectivity index (χ4v) is 2.56. The second-order valence-corrected chi connectivity index (χ2v) is 4.93. The van der Waals surface area contributed by atoms with Gasteiger partial charge in [-0.05, 0) is 25.9 Å². The van der Waals surface area contributed by atoms with E-state index in [1.54, 1.807) is 24.4 Å². The molecule has 0 unspecified atom stereocenters.